The van der Waals surface area contributed by atoms with Crippen molar-refractivity contribution in [3.05, 3.63) is 0 Å². The number of aliphatic hydroxyl groups is 1. The Bertz CT molecular complexity index is 377. The monoisotopic (exact) mass is 229 g/mol. The Hall–Kier alpha value is -0.180. The van der Waals surface area contributed by atoms with E-state index in [1.807, 2.05) is 0 Å². The van der Waals surface area contributed by atoms with Crippen molar-refractivity contribution in [2.75, 3.05) is 24.4 Å². The molecule has 8 heteroatoms. The van der Waals surface area contributed by atoms with Crippen LogP contribution < -0.4 is 0 Å². The van der Waals surface area contributed by atoms with E-state index in [0.717, 1.165) is 10.6 Å². The van der Waals surface area contributed by atoms with Crippen LogP contribution in [0.15, 0.2) is 0 Å². The molecule has 1 aliphatic rings. The minimum atomic E-state index is -3.73. The fraction of sp³-hybridized carbons (Fsp3) is 1.00. The number of sulfone groups is 1. The fourth-order valence-corrected chi connectivity index (χ4v) is 4.55. The van der Waals surface area contributed by atoms with Crippen LogP contribution in [0, 0.1) is 0 Å². The highest BCUT2D eigenvalue weighted by molar-refractivity contribution is 8.06. The molecule has 0 radical (unpaired) electrons. The van der Waals surface area contributed by atoms with Gasteiger partial charge in [0.05, 0.1) is 6.10 Å². The second-order valence-electron chi connectivity index (χ2n) is 3.13. The fourth-order valence-electron chi connectivity index (χ4n) is 0.989. The van der Waals surface area contributed by atoms with Gasteiger partial charge in [0.2, 0.25) is 10.0 Å². The Labute approximate surface area is 77.1 Å². The summed E-state index contributed by atoms with van der Waals surface area (Å²) in [7, 11) is -7.26. The van der Waals surface area contributed by atoms with E-state index < -0.39 is 31.0 Å². The van der Waals surface area contributed by atoms with E-state index in [0.29, 0.717) is 0 Å². The van der Waals surface area contributed by atoms with Crippen molar-refractivity contribution in [3.63, 3.8) is 0 Å². The van der Waals surface area contributed by atoms with E-state index in [1.165, 1.54) is 0 Å². The zero-order chi connectivity index (χ0) is 10.3. The van der Waals surface area contributed by atoms with Gasteiger partial charge in [0, 0.05) is 19.3 Å². The summed E-state index contributed by atoms with van der Waals surface area (Å²) in [5.41, 5.74) is 0. The van der Waals surface area contributed by atoms with Gasteiger partial charge in [-0.1, -0.05) is 0 Å². The maximum atomic E-state index is 11.2. The van der Waals surface area contributed by atoms with Gasteiger partial charge in [0.25, 0.3) is 0 Å². The van der Waals surface area contributed by atoms with E-state index in [4.69, 9.17) is 5.11 Å². The van der Waals surface area contributed by atoms with Crippen LogP contribution in [0.2, 0.25) is 0 Å². The number of nitrogens with zero attached hydrogens (tertiary/aromatic N) is 1. The smallest absolute Gasteiger partial charge is 0.228 e. The molecule has 0 bridgehead atoms. The maximum absolute atomic E-state index is 11.2. The lowest BCUT2D eigenvalue weighted by Crippen LogP contribution is -2.54. The molecule has 0 aromatic rings. The molecule has 78 valence electrons. The third-order valence-electron chi connectivity index (χ3n) is 1.59. The minimum absolute atomic E-state index is 0.00213. The molecule has 1 heterocycles. The van der Waals surface area contributed by atoms with E-state index in [9.17, 15) is 16.8 Å². The molecule has 1 aliphatic heterocycles. The Balaban J connectivity index is 2.69. The van der Waals surface area contributed by atoms with Gasteiger partial charge in [-0.25, -0.2) is 16.8 Å². The van der Waals surface area contributed by atoms with E-state index in [-0.39, 0.29) is 13.1 Å². The molecule has 13 heavy (non-hydrogen) atoms. The SMILES string of the molecule is CS(=O)(=O)CS(=O)(=O)N1CC(O)C1. The van der Waals surface area contributed by atoms with E-state index in [1.54, 1.807) is 0 Å². The Kier molecular flexibility index (Phi) is 2.68. The lowest BCUT2D eigenvalue weighted by Gasteiger charge is -2.34. The second kappa shape index (κ2) is 3.19. The maximum Gasteiger partial charge on any atom is 0.228 e. The second-order valence-corrected chi connectivity index (χ2v) is 7.60. The number of β-amino-alcohol motifs (C(OH)–C–C–N with tert-alkyl or cyclic N) is 1. The first kappa shape index (κ1) is 10.9. The lowest BCUT2D eigenvalue weighted by atomic mass is 10.2. The first-order chi connectivity index (χ1) is 5.71. The highest BCUT2D eigenvalue weighted by atomic mass is 32.3. The first-order valence-corrected chi connectivity index (χ1v) is 7.21. The predicted octanol–water partition coefficient (Wildman–Crippen LogP) is -2.01. The Morgan fingerprint density at radius 3 is 2.08 bits per heavy atom. The van der Waals surface area contributed by atoms with Gasteiger partial charge >= 0.3 is 0 Å². The van der Waals surface area contributed by atoms with Crippen LogP contribution in [0.5, 0.6) is 0 Å². The molecule has 1 saturated heterocycles. The zero-order valence-electron chi connectivity index (χ0n) is 7.04. The van der Waals surface area contributed by atoms with Crippen LogP contribution in [-0.2, 0) is 19.9 Å². The van der Waals surface area contributed by atoms with Gasteiger partial charge in [-0.3, -0.25) is 0 Å². The summed E-state index contributed by atoms with van der Waals surface area (Å²) in [6.45, 7) is -0.00426. The van der Waals surface area contributed by atoms with Crippen molar-refractivity contribution < 1.29 is 21.9 Å². The summed E-state index contributed by atoms with van der Waals surface area (Å²) in [5, 5.41) is 7.94. The topological polar surface area (TPSA) is 91.8 Å². The van der Waals surface area contributed by atoms with Crippen LogP contribution in [0.3, 0.4) is 0 Å². The molecule has 0 spiro atoms. The van der Waals surface area contributed by atoms with Gasteiger partial charge in [-0.05, 0) is 0 Å². The zero-order valence-corrected chi connectivity index (χ0v) is 8.68. The molecule has 0 atom stereocenters. The van der Waals surface area contributed by atoms with Crippen molar-refractivity contribution in [1.82, 2.24) is 4.31 Å². The number of hydrogen-bond donors (Lipinski definition) is 1. The Morgan fingerprint density at radius 2 is 1.77 bits per heavy atom. The van der Waals surface area contributed by atoms with Gasteiger partial charge in [0.1, 0.15) is 0 Å². The molecule has 0 aliphatic carbocycles. The molecular formula is C5H11NO5S2. The number of aliphatic hydroxyl groups excluding tert-OH is 1. The number of sulfonamides is 1. The molecule has 0 saturated carbocycles. The average Bonchev–Trinajstić information content (AvgIpc) is 1.74. The largest absolute Gasteiger partial charge is 0.390 e. The summed E-state index contributed by atoms with van der Waals surface area (Å²) < 4.78 is 44.8. The van der Waals surface area contributed by atoms with Crippen molar-refractivity contribution in [1.29, 1.82) is 0 Å². The van der Waals surface area contributed by atoms with Gasteiger partial charge in [0.15, 0.2) is 14.9 Å². The predicted molar refractivity (Wildman–Crippen MR) is 46.2 cm³/mol. The molecule has 1 rings (SSSR count). The average molecular weight is 229 g/mol. The Morgan fingerprint density at radius 1 is 1.31 bits per heavy atom. The highest BCUT2D eigenvalue weighted by Gasteiger charge is 2.36. The molecule has 0 unspecified atom stereocenters. The van der Waals surface area contributed by atoms with Gasteiger partial charge in [-0.15, -0.1) is 0 Å². The third kappa shape index (κ3) is 2.90. The van der Waals surface area contributed by atoms with Crippen LogP contribution >= 0.6 is 0 Å². The third-order valence-corrected chi connectivity index (χ3v) is 5.57. The van der Waals surface area contributed by atoms with Crippen LogP contribution in [0.4, 0.5) is 0 Å². The first-order valence-electron chi connectivity index (χ1n) is 3.54. The van der Waals surface area contributed by atoms with Crippen molar-refractivity contribution in [3.8, 4) is 0 Å². The molecule has 0 aromatic carbocycles. The van der Waals surface area contributed by atoms with E-state index >= 15 is 0 Å². The summed E-state index contributed by atoms with van der Waals surface area (Å²) in [6, 6.07) is 0. The van der Waals surface area contributed by atoms with Gasteiger partial charge in [-0.2, -0.15) is 4.31 Å². The molecular weight excluding hydrogens is 218 g/mol. The molecule has 1 fully saturated rings. The van der Waals surface area contributed by atoms with Crippen molar-refractivity contribution >= 4 is 19.9 Å². The number of rotatable bonds is 3. The number of hydrogen-bond acceptors (Lipinski definition) is 5. The van der Waals surface area contributed by atoms with Crippen molar-refractivity contribution in [2.45, 2.75) is 6.10 Å². The summed E-state index contributed by atoms with van der Waals surface area (Å²) in [6.07, 6.45) is 0.204. The highest BCUT2D eigenvalue weighted by Crippen LogP contribution is 2.14. The summed E-state index contributed by atoms with van der Waals surface area (Å²) in [5.74, 6) is 0. The molecule has 0 aromatic heterocycles. The van der Waals surface area contributed by atoms with Crippen LogP contribution in [0.25, 0.3) is 0 Å². The van der Waals surface area contributed by atoms with Gasteiger partial charge < -0.3 is 5.11 Å². The molecule has 1 N–H and O–H groups in total. The minimum Gasteiger partial charge on any atom is -0.390 e. The molecule has 0 amide bonds. The van der Waals surface area contributed by atoms with Crippen LogP contribution in [-0.4, -0.2) is 56.8 Å². The summed E-state index contributed by atoms with van der Waals surface area (Å²) in [4.78, 5) is 0. The molecule has 6 nitrogen and oxygen atoms in total. The quantitative estimate of drug-likeness (QED) is 0.604. The van der Waals surface area contributed by atoms with E-state index in [2.05, 4.69) is 0 Å². The summed E-state index contributed by atoms with van der Waals surface area (Å²) >= 11 is 0. The van der Waals surface area contributed by atoms with Crippen molar-refractivity contribution in [2.24, 2.45) is 0 Å². The normalized spacial score (nSPS) is 21.4. The lowest BCUT2D eigenvalue weighted by molar-refractivity contribution is 0.0551. The standard InChI is InChI=1S/C5H11NO5S2/c1-12(8,9)4-13(10,11)6-2-5(7)3-6/h5,7H,2-4H2,1H3. The van der Waals surface area contributed by atoms with Crippen LogP contribution in [0.1, 0.15) is 0 Å².